The summed E-state index contributed by atoms with van der Waals surface area (Å²) in [6, 6.07) is 2.45. The predicted molar refractivity (Wildman–Crippen MR) is 152 cm³/mol. The van der Waals surface area contributed by atoms with Crippen molar-refractivity contribution >= 4 is 28.9 Å². The highest BCUT2D eigenvalue weighted by Gasteiger charge is 2.60. The SMILES string of the molecule is CN(C)CCCNC[C@@]12Cc3c(N(C)C)ccc(O)c3C(O)=C1C(=O)[C@@H]1C(=O)C(C(N)=O)=C(O)[C@@H](N(C)C)[C@@H]1C2. The molecule has 0 aliphatic heterocycles. The van der Waals surface area contributed by atoms with Crippen LogP contribution in [-0.4, -0.2) is 111 Å². The lowest BCUT2D eigenvalue weighted by Crippen LogP contribution is -2.59. The van der Waals surface area contributed by atoms with Crippen LogP contribution in [0.1, 0.15) is 24.0 Å². The molecule has 3 aliphatic rings. The van der Waals surface area contributed by atoms with Gasteiger partial charge in [-0.25, -0.2) is 0 Å². The van der Waals surface area contributed by atoms with Crippen LogP contribution in [0.25, 0.3) is 5.76 Å². The fourth-order valence-electron chi connectivity index (χ4n) is 6.95. The Hall–Kier alpha value is -3.41. The number of amides is 1. The molecule has 0 spiro atoms. The maximum Gasteiger partial charge on any atom is 0.255 e. The van der Waals surface area contributed by atoms with Crippen LogP contribution >= 0.6 is 0 Å². The van der Waals surface area contributed by atoms with E-state index in [1.54, 1.807) is 25.1 Å². The number of benzene rings is 1. The van der Waals surface area contributed by atoms with Gasteiger partial charge in [-0.05, 0) is 84.2 Å². The molecule has 4 atom stereocenters. The molecule has 0 unspecified atom stereocenters. The van der Waals surface area contributed by atoms with Crippen LogP contribution in [0.4, 0.5) is 5.69 Å². The number of fused-ring (bicyclic) bond motifs is 3. The third kappa shape index (κ3) is 4.76. The van der Waals surface area contributed by atoms with E-state index in [0.717, 1.165) is 18.7 Å². The molecule has 1 fully saturated rings. The summed E-state index contributed by atoms with van der Waals surface area (Å²) in [4.78, 5) is 45.8. The minimum atomic E-state index is -1.30. The zero-order valence-corrected chi connectivity index (χ0v) is 24.1. The first-order chi connectivity index (χ1) is 18.7. The molecular formula is C29H41N5O6. The molecule has 1 aromatic rings. The van der Waals surface area contributed by atoms with E-state index in [1.807, 2.05) is 33.1 Å². The van der Waals surface area contributed by atoms with Crippen molar-refractivity contribution < 1.29 is 29.7 Å². The molecule has 0 bridgehead atoms. The number of aliphatic hydroxyl groups excluding tert-OH is 2. The summed E-state index contributed by atoms with van der Waals surface area (Å²) in [7, 11) is 11.1. The van der Waals surface area contributed by atoms with Crippen molar-refractivity contribution in [3.63, 3.8) is 0 Å². The smallest absolute Gasteiger partial charge is 0.255 e. The second-order valence-electron chi connectivity index (χ2n) is 12.0. The molecule has 11 nitrogen and oxygen atoms in total. The third-order valence-corrected chi connectivity index (χ3v) is 8.55. The number of hydrogen-bond acceptors (Lipinski definition) is 10. The fraction of sp³-hybridized carbons (Fsp3) is 0.552. The molecule has 11 heteroatoms. The first kappa shape index (κ1) is 29.6. The van der Waals surface area contributed by atoms with Gasteiger partial charge in [0.2, 0.25) is 0 Å². The van der Waals surface area contributed by atoms with E-state index in [0.29, 0.717) is 25.1 Å². The van der Waals surface area contributed by atoms with E-state index < -0.39 is 52.1 Å². The molecule has 0 radical (unpaired) electrons. The molecule has 6 N–H and O–H groups in total. The molecule has 218 valence electrons. The monoisotopic (exact) mass is 555 g/mol. The number of nitrogens with two attached hydrogens (primary N) is 1. The van der Waals surface area contributed by atoms with Gasteiger partial charge in [-0.3, -0.25) is 19.3 Å². The van der Waals surface area contributed by atoms with Crippen molar-refractivity contribution in [1.82, 2.24) is 15.1 Å². The van der Waals surface area contributed by atoms with Crippen LogP contribution in [-0.2, 0) is 20.8 Å². The number of anilines is 1. The molecule has 0 saturated heterocycles. The van der Waals surface area contributed by atoms with Gasteiger partial charge in [0.25, 0.3) is 5.91 Å². The fourth-order valence-corrected chi connectivity index (χ4v) is 6.95. The Bertz CT molecular complexity index is 1300. The van der Waals surface area contributed by atoms with Gasteiger partial charge in [0.1, 0.15) is 22.8 Å². The maximum atomic E-state index is 14.3. The predicted octanol–water partition coefficient (Wildman–Crippen LogP) is 0.827. The highest BCUT2D eigenvalue weighted by molar-refractivity contribution is 6.28. The summed E-state index contributed by atoms with van der Waals surface area (Å²) in [6.07, 6.45) is 1.45. The van der Waals surface area contributed by atoms with E-state index in [2.05, 4.69) is 10.2 Å². The highest BCUT2D eigenvalue weighted by Crippen LogP contribution is 2.57. The number of hydrogen-bond donors (Lipinski definition) is 5. The number of rotatable bonds is 9. The molecule has 0 heterocycles. The number of primary amides is 1. The van der Waals surface area contributed by atoms with Gasteiger partial charge in [0.05, 0.1) is 17.5 Å². The Kier molecular flexibility index (Phi) is 8.04. The first-order valence-electron chi connectivity index (χ1n) is 13.5. The van der Waals surface area contributed by atoms with E-state index in [-0.39, 0.29) is 29.1 Å². The second-order valence-corrected chi connectivity index (χ2v) is 12.0. The number of carbonyl (C=O) groups excluding carboxylic acids is 3. The lowest BCUT2D eigenvalue weighted by atomic mass is 9.53. The van der Waals surface area contributed by atoms with Gasteiger partial charge in [-0.2, -0.15) is 0 Å². The summed E-state index contributed by atoms with van der Waals surface area (Å²) >= 11 is 0. The number of carbonyl (C=O) groups is 3. The number of phenols is 1. The number of phenolic OH excluding ortho intramolecular Hbond substituents is 1. The van der Waals surface area contributed by atoms with E-state index in [9.17, 15) is 29.7 Å². The number of likely N-dealkylation sites (N-methyl/N-ethyl adjacent to an activating group) is 1. The Labute approximate surface area is 234 Å². The van der Waals surface area contributed by atoms with Crippen LogP contribution in [0.3, 0.4) is 0 Å². The lowest BCUT2D eigenvalue weighted by Gasteiger charge is -2.52. The highest BCUT2D eigenvalue weighted by atomic mass is 16.3. The van der Waals surface area contributed by atoms with Crippen molar-refractivity contribution in [3.8, 4) is 5.75 Å². The molecule has 0 aromatic heterocycles. The average Bonchev–Trinajstić information content (AvgIpc) is 2.82. The summed E-state index contributed by atoms with van der Waals surface area (Å²) < 4.78 is 0. The average molecular weight is 556 g/mol. The number of nitrogens with one attached hydrogen (secondary N) is 1. The largest absolute Gasteiger partial charge is 0.510 e. The second kappa shape index (κ2) is 10.9. The van der Waals surface area contributed by atoms with Gasteiger partial charge in [0.15, 0.2) is 11.6 Å². The Balaban J connectivity index is 1.91. The number of aliphatic hydroxyl groups is 2. The summed E-state index contributed by atoms with van der Waals surface area (Å²) in [5.41, 5.74) is 5.72. The number of nitrogens with zero attached hydrogens (tertiary/aromatic N) is 3. The van der Waals surface area contributed by atoms with Crippen molar-refractivity contribution in [3.05, 3.63) is 40.2 Å². The summed E-state index contributed by atoms with van der Waals surface area (Å²) in [6.45, 7) is 1.86. The van der Waals surface area contributed by atoms with Gasteiger partial charge < -0.3 is 36.2 Å². The van der Waals surface area contributed by atoms with Crippen molar-refractivity contribution in [2.75, 3.05) is 66.8 Å². The van der Waals surface area contributed by atoms with Crippen LogP contribution in [0.2, 0.25) is 0 Å². The third-order valence-electron chi connectivity index (χ3n) is 8.55. The number of Topliss-reactive ketones (excluding diaryl/α,β-unsaturated/α-hetero) is 2. The van der Waals surface area contributed by atoms with Crippen LogP contribution in [0.15, 0.2) is 29.0 Å². The number of aromatic hydroxyl groups is 1. The van der Waals surface area contributed by atoms with Crippen molar-refractivity contribution in [2.24, 2.45) is 23.0 Å². The van der Waals surface area contributed by atoms with Crippen LogP contribution in [0, 0.1) is 17.3 Å². The van der Waals surface area contributed by atoms with Gasteiger partial charge in [-0.15, -0.1) is 0 Å². The van der Waals surface area contributed by atoms with Crippen molar-refractivity contribution in [2.45, 2.75) is 25.3 Å². The van der Waals surface area contributed by atoms with Gasteiger partial charge >= 0.3 is 0 Å². The molecule has 4 rings (SSSR count). The Morgan fingerprint density at radius 1 is 1.07 bits per heavy atom. The molecule has 1 aromatic carbocycles. The minimum absolute atomic E-state index is 0.0728. The minimum Gasteiger partial charge on any atom is -0.510 e. The zero-order valence-electron chi connectivity index (χ0n) is 24.1. The van der Waals surface area contributed by atoms with Crippen LogP contribution in [0.5, 0.6) is 5.75 Å². The zero-order chi connectivity index (χ0) is 29.7. The van der Waals surface area contributed by atoms with Gasteiger partial charge in [-0.1, -0.05) is 0 Å². The topological polar surface area (TPSA) is 160 Å². The van der Waals surface area contributed by atoms with E-state index >= 15 is 0 Å². The normalized spacial score (nSPS) is 26.2. The lowest BCUT2D eigenvalue weighted by molar-refractivity contribution is -0.138. The standard InChI is InChI=1S/C29H41N5O6/c1-32(2)11-7-10-31-14-29-12-15-17(33(3)4)8-9-18(35)19(15)25(37)22(29)26(38)20-16(13-29)23(34(5)6)27(39)21(24(20)36)28(30)40/h8-9,16,20,23,31,35,37,39H,7,10-14H2,1-6H3,(H2,30,40)/t16-,20+,23+,29+/m1/s1. The summed E-state index contributed by atoms with van der Waals surface area (Å²) in [5, 5.41) is 37.1. The van der Waals surface area contributed by atoms with E-state index in [4.69, 9.17) is 5.73 Å². The Morgan fingerprint density at radius 2 is 1.75 bits per heavy atom. The molecular weight excluding hydrogens is 514 g/mol. The van der Waals surface area contributed by atoms with E-state index in [1.165, 1.54) is 6.07 Å². The maximum absolute atomic E-state index is 14.3. The first-order valence-corrected chi connectivity index (χ1v) is 13.5. The molecule has 3 aliphatic carbocycles. The molecule has 40 heavy (non-hydrogen) atoms. The Morgan fingerprint density at radius 3 is 2.33 bits per heavy atom. The van der Waals surface area contributed by atoms with Gasteiger partial charge in [0, 0.05) is 37.3 Å². The number of ketones is 2. The van der Waals surface area contributed by atoms with Crippen LogP contribution < -0.4 is 16.0 Å². The molecule has 1 amide bonds. The quantitative estimate of drug-likeness (QED) is 0.168. The summed E-state index contributed by atoms with van der Waals surface area (Å²) in [5.74, 6) is -5.44. The molecule has 1 saturated carbocycles. The van der Waals surface area contributed by atoms with Crippen molar-refractivity contribution in [1.29, 1.82) is 0 Å².